The SMILES string of the molecule is Cc1nn(C)c(CC2(O)CCN(C3CC3)C2)c1Cl. The molecule has 1 N–H and O–H groups in total. The van der Waals surface area contributed by atoms with Gasteiger partial charge >= 0.3 is 0 Å². The fourth-order valence-electron chi connectivity index (χ4n) is 2.97. The van der Waals surface area contributed by atoms with Crippen LogP contribution in [0.25, 0.3) is 0 Å². The summed E-state index contributed by atoms with van der Waals surface area (Å²) in [6, 6.07) is 0.725. The molecule has 0 radical (unpaired) electrons. The Labute approximate surface area is 113 Å². The highest BCUT2D eigenvalue weighted by atomic mass is 35.5. The van der Waals surface area contributed by atoms with E-state index in [-0.39, 0.29) is 0 Å². The van der Waals surface area contributed by atoms with E-state index in [1.54, 1.807) is 4.68 Å². The van der Waals surface area contributed by atoms with Gasteiger partial charge in [-0.2, -0.15) is 5.10 Å². The van der Waals surface area contributed by atoms with Gasteiger partial charge in [0.2, 0.25) is 0 Å². The van der Waals surface area contributed by atoms with Crippen LogP contribution >= 0.6 is 11.6 Å². The van der Waals surface area contributed by atoms with Gasteiger partial charge in [-0.15, -0.1) is 0 Å². The molecule has 1 aliphatic carbocycles. The van der Waals surface area contributed by atoms with Crippen molar-refractivity contribution in [1.82, 2.24) is 14.7 Å². The second-order valence-corrected chi connectivity index (χ2v) is 6.20. The first-order chi connectivity index (χ1) is 8.48. The Kier molecular flexibility index (Phi) is 2.92. The van der Waals surface area contributed by atoms with Crippen molar-refractivity contribution in [3.63, 3.8) is 0 Å². The van der Waals surface area contributed by atoms with Gasteiger partial charge in [-0.05, 0) is 26.2 Å². The molecule has 1 unspecified atom stereocenters. The molecule has 1 aromatic heterocycles. The maximum absolute atomic E-state index is 10.7. The van der Waals surface area contributed by atoms with Gasteiger partial charge in [0.1, 0.15) is 0 Å². The van der Waals surface area contributed by atoms with Crippen LogP contribution in [0.5, 0.6) is 0 Å². The summed E-state index contributed by atoms with van der Waals surface area (Å²) in [5, 5.41) is 15.7. The molecule has 0 spiro atoms. The van der Waals surface area contributed by atoms with Crippen LogP contribution < -0.4 is 0 Å². The van der Waals surface area contributed by atoms with E-state index in [0.29, 0.717) is 11.4 Å². The minimum atomic E-state index is -0.632. The van der Waals surface area contributed by atoms with Crippen molar-refractivity contribution < 1.29 is 5.11 Å². The fourth-order valence-corrected chi connectivity index (χ4v) is 3.19. The van der Waals surface area contributed by atoms with Crippen molar-refractivity contribution in [1.29, 1.82) is 0 Å². The van der Waals surface area contributed by atoms with Gasteiger partial charge in [-0.1, -0.05) is 11.6 Å². The zero-order valence-corrected chi connectivity index (χ0v) is 11.7. The maximum atomic E-state index is 10.7. The zero-order valence-electron chi connectivity index (χ0n) is 11.0. The normalized spacial score (nSPS) is 29.1. The second-order valence-electron chi connectivity index (χ2n) is 5.82. The average molecular weight is 270 g/mol. The van der Waals surface area contributed by atoms with Gasteiger partial charge in [0.25, 0.3) is 0 Å². The van der Waals surface area contributed by atoms with Crippen LogP contribution in [0.1, 0.15) is 30.7 Å². The summed E-state index contributed by atoms with van der Waals surface area (Å²) in [5.74, 6) is 0. The smallest absolute Gasteiger partial charge is 0.0848 e. The number of aryl methyl sites for hydroxylation is 2. The van der Waals surface area contributed by atoms with E-state index in [1.165, 1.54) is 12.8 Å². The molecule has 0 aromatic carbocycles. The zero-order chi connectivity index (χ0) is 12.9. The number of aliphatic hydroxyl groups is 1. The molecule has 1 aromatic rings. The summed E-state index contributed by atoms with van der Waals surface area (Å²) < 4.78 is 1.80. The molecule has 100 valence electrons. The Balaban J connectivity index is 1.75. The molecule has 3 rings (SSSR count). The first-order valence-corrected chi connectivity index (χ1v) is 7.01. The number of likely N-dealkylation sites (tertiary alicyclic amines) is 1. The summed E-state index contributed by atoms with van der Waals surface area (Å²) in [5.41, 5.74) is 1.16. The van der Waals surface area contributed by atoms with Crippen molar-refractivity contribution in [2.75, 3.05) is 13.1 Å². The first-order valence-electron chi connectivity index (χ1n) is 6.63. The summed E-state index contributed by atoms with van der Waals surface area (Å²) in [4.78, 5) is 2.41. The van der Waals surface area contributed by atoms with Crippen LogP contribution in [0.4, 0.5) is 0 Å². The monoisotopic (exact) mass is 269 g/mol. The summed E-state index contributed by atoms with van der Waals surface area (Å²) in [7, 11) is 1.89. The largest absolute Gasteiger partial charge is 0.388 e. The lowest BCUT2D eigenvalue weighted by Crippen LogP contribution is -2.36. The highest BCUT2D eigenvalue weighted by Crippen LogP contribution is 2.35. The van der Waals surface area contributed by atoms with Crippen LogP contribution in [0.15, 0.2) is 0 Å². The van der Waals surface area contributed by atoms with Gasteiger partial charge in [0.15, 0.2) is 0 Å². The minimum Gasteiger partial charge on any atom is -0.388 e. The van der Waals surface area contributed by atoms with Crippen molar-refractivity contribution in [3.05, 3.63) is 16.4 Å². The van der Waals surface area contributed by atoms with Crippen LogP contribution in [0.3, 0.4) is 0 Å². The molecule has 1 atom stereocenters. The predicted molar refractivity (Wildman–Crippen MR) is 70.8 cm³/mol. The number of hydrogen-bond donors (Lipinski definition) is 1. The van der Waals surface area contributed by atoms with E-state index in [1.807, 2.05) is 14.0 Å². The van der Waals surface area contributed by atoms with E-state index in [9.17, 15) is 5.11 Å². The third kappa shape index (κ3) is 2.17. The second kappa shape index (κ2) is 4.22. The summed E-state index contributed by atoms with van der Waals surface area (Å²) >= 11 is 6.26. The molecule has 2 heterocycles. The molecule has 5 heteroatoms. The van der Waals surface area contributed by atoms with Crippen molar-refractivity contribution in [3.8, 4) is 0 Å². The van der Waals surface area contributed by atoms with Crippen molar-refractivity contribution >= 4 is 11.6 Å². The van der Waals surface area contributed by atoms with Gasteiger partial charge in [-0.3, -0.25) is 9.58 Å². The number of rotatable bonds is 3. The standard InChI is InChI=1S/C13H20ClN3O/c1-9-12(14)11(16(2)15-9)7-13(18)5-6-17(8-13)10-3-4-10/h10,18H,3-8H2,1-2H3. The van der Waals surface area contributed by atoms with Gasteiger partial charge < -0.3 is 5.11 Å². The lowest BCUT2D eigenvalue weighted by molar-refractivity contribution is 0.0469. The average Bonchev–Trinajstić information content (AvgIpc) is 3.05. The molecule has 1 saturated heterocycles. The third-order valence-corrected chi connectivity index (χ3v) is 4.67. The van der Waals surface area contributed by atoms with Crippen molar-refractivity contribution in [2.24, 2.45) is 7.05 Å². The first kappa shape index (κ1) is 12.5. The Bertz CT molecular complexity index is 469. The molecule has 2 aliphatic rings. The molecule has 18 heavy (non-hydrogen) atoms. The summed E-state index contributed by atoms with van der Waals surface area (Å²) in [6.07, 6.45) is 4.03. The van der Waals surface area contributed by atoms with Crippen LogP contribution in [-0.4, -0.2) is 44.5 Å². The number of aromatic nitrogens is 2. The lowest BCUT2D eigenvalue weighted by Gasteiger charge is -2.23. The molecule has 1 aliphatic heterocycles. The van der Waals surface area contributed by atoms with E-state index < -0.39 is 5.60 Å². The fraction of sp³-hybridized carbons (Fsp3) is 0.769. The maximum Gasteiger partial charge on any atom is 0.0848 e. The molecule has 2 fully saturated rings. The third-order valence-electron chi connectivity index (χ3n) is 4.18. The van der Waals surface area contributed by atoms with Crippen LogP contribution in [-0.2, 0) is 13.5 Å². The number of hydrogen-bond acceptors (Lipinski definition) is 3. The quantitative estimate of drug-likeness (QED) is 0.905. The minimum absolute atomic E-state index is 0.604. The topological polar surface area (TPSA) is 41.3 Å². The van der Waals surface area contributed by atoms with Gasteiger partial charge in [-0.25, -0.2) is 0 Å². The lowest BCUT2D eigenvalue weighted by atomic mass is 9.96. The number of halogens is 1. The van der Waals surface area contributed by atoms with E-state index in [4.69, 9.17) is 11.6 Å². The number of nitrogens with zero attached hydrogens (tertiary/aromatic N) is 3. The highest BCUT2D eigenvalue weighted by molar-refractivity contribution is 6.31. The van der Waals surface area contributed by atoms with Gasteiger partial charge in [0, 0.05) is 32.6 Å². The molecular weight excluding hydrogens is 250 g/mol. The van der Waals surface area contributed by atoms with Crippen molar-refractivity contribution in [2.45, 2.75) is 44.2 Å². The van der Waals surface area contributed by atoms with Crippen LogP contribution in [0, 0.1) is 6.92 Å². The molecule has 4 nitrogen and oxygen atoms in total. The molecule has 1 saturated carbocycles. The van der Waals surface area contributed by atoms with E-state index >= 15 is 0 Å². The number of β-amino-alcohol motifs (C(OH)–C–C–N with tert-alkyl or cyclic N) is 1. The Morgan fingerprint density at radius 2 is 2.22 bits per heavy atom. The highest BCUT2D eigenvalue weighted by Gasteiger charge is 2.42. The predicted octanol–water partition coefficient (Wildman–Crippen LogP) is 1.52. The Hall–Kier alpha value is -0.580. The molecule has 0 bridgehead atoms. The Morgan fingerprint density at radius 1 is 1.50 bits per heavy atom. The summed E-state index contributed by atoms with van der Waals surface area (Å²) in [6.45, 7) is 3.69. The van der Waals surface area contributed by atoms with E-state index in [2.05, 4.69) is 10.00 Å². The Morgan fingerprint density at radius 3 is 2.78 bits per heavy atom. The molecular formula is C13H20ClN3O. The van der Waals surface area contributed by atoms with Gasteiger partial charge in [0.05, 0.1) is 22.0 Å². The van der Waals surface area contributed by atoms with E-state index in [0.717, 1.165) is 36.9 Å². The van der Waals surface area contributed by atoms with Crippen LogP contribution in [0.2, 0.25) is 5.02 Å². The molecule has 0 amide bonds.